The van der Waals surface area contributed by atoms with E-state index in [1.165, 1.54) is 27.8 Å². The Bertz CT molecular complexity index is 609. The van der Waals surface area contributed by atoms with Crippen molar-refractivity contribution in [2.24, 2.45) is 0 Å². The molecule has 2 N–H and O–H groups in total. The van der Waals surface area contributed by atoms with Crippen LogP contribution in [-0.4, -0.2) is 0 Å². The lowest BCUT2D eigenvalue weighted by atomic mass is 9.87. The van der Waals surface area contributed by atoms with E-state index < -0.39 is 0 Å². The molecule has 1 nitrogen and oxygen atoms in total. The number of hydrogen-bond donors (Lipinski definition) is 1. The highest BCUT2D eigenvalue weighted by molar-refractivity contribution is 5.74. The first-order valence-electron chi connectivity index (χ1n) is 7.40. The Morgan fingerprint density at radius 3 is 2.10 bits per heavy atom. The maximum absolute atomic E-state index is 5.97. The number of hydrogen-bond acceptors (Lipinski definition) is 1. The molecule has 0 bridgehead atoms. The maximum Gasteiger partial charge on any atom is 0.0320 e. The van der Waals surface area contributed by atoms with E-state index in [0.717, 1.165) is 5.69 Å². The fourth-order valence-electron chi connectivity index (χ4n) is 2.59. The van der Waals surface area contributed by atoms with Gasteiger partial charge in [0.05, 0.1) is 0 Å². The molecule has 0 aromatic heterocycles. The van der Waals surface area contributed by atoms with Crippen LogP contribution >= 0.6 is 0 Å². The topological polar surface area (TPSA) is 26.0 Å². The van der Waals surface area contributed by atoms with Gasteiger partial charge in [0.2, 0.25) is 0 Å². The van der Waals surface area contributed by atoms with Crippen molar-refractivity contribution in [2.45, 2.75) is 46.5 Å². The smallest absolute Gasteiger partial charge is 0.0320 e. The number of nitrogens with two attached hydrogens (primary N) is 1. The van der Waals surface area contributed by atoms with Gasteiger partial charge in [0.25, 0.3) is 0 Å². The first-order valence-corrected chi connectivity index (χ1v) is 7.40. The molecule has 2 aromatic rings. The zero-order valence-electron chi connectivity index (χ0n) is 13.2. The second-order valence-corrected chi connectivity index (χ2v) is 6.23. The molecule has 2 rings (SSSR count). The highest BCUT2D eigenvalue weighted by Crippen LogP contribution is 2.34. The minimum absolute atomic E-state index is 0.504. The van der Waals surface area contributed by atoms with E-state index in [2.05, 4.69) is 65.0 Å². The Labute approximate surface area is 122 Å². The molecule has 0 aliphatic heterocycles. The Hall–Kier alpha value is -1.76. The van der Waals surface area contributed by atoms with Crippen LogP contribution in [0.15, 0.2) is 36.4 Å². The van der Waals surface area contributed by atoms with Crippen LogP contribution in [0.1, 0.15) is 56.2 Å². The standard InChI is InChI=1S/C19H25N/c1-12(2)15-7-9-17(18(10-15)13(3)4)19-11-16(20)8-6-14(19)5/h6-13H,20H2,1-5H3. The third-order valence-electron chi connectivity index (χ3n) is 3.92. The minimum atomic E-state index is 0.504. The molecule has 0 heterocycles. The first-order chi connectivity index (χ1) is 9.40. The van der Waals surface area contributed by atoms with E-state index in [1.807, 2.05) is 6.07 Å². The van der Waals surface area contributed by atoms with Gasteiger partial charge >= 0.3 is 0 Å². The zero-order chi connectivity index (χ0) is 14.9. The largest absolute Gasteiger partial charge is 0.399 e. The average molecular weight is 267 g/mol. The summed E-state index contributed by atoms with van der Waals surface area (Å²) in [7, 11) is 0. The van der Waals surface area contributed by atoms with Gasteiger partial charge in [0.15, 0.2) is 0 Å². The van der Waals surface area contributed by atoms with Gasteiger partial charge < -0.3 is 5.73 Å². The van der Waals surface area contributed by atoms with Crippen molar-refractivity contribution in [1.82, 2.24) is 0 Å². The number of aryl methyl sites for hydroxylation is 1. The van der Waals surface area contributed by atoms with Crippen molar-refractivity contribution >= 4 is 5.69 Å². The molecular formula is C19H25N. The molecule has 0 atom stereocenters. The monoisotopic (exact) mass is 267 g/mol. The zero-order valence-corrected chi connectivity index (χ0v) is 13.2. The van der Waals surface area contributed by atoms with E-state index in [0.29, 0.717) is 11.8 Å². The van der Waals surface area contributed by atoms with E-state index in [1.54, 1.807) is 0 Å². The molecule has 0 amide bonds. The molecule has 2 aromatic carbocycles. The summed E-state index contributed by atoms with van der Waals surface area (Å²) in [6.07, 6.45) is 0. The molecule has 20 heavy (non-hydrogen) atoms. The molecule has 0 fully saturated rings. The number of anilines is 1. The second kappa shape index (κ2) is 5.70. The van der Waals surface area contributed by atoms with Crippen molar-refractivity contribution in [1.29, 1.82) is 0 Å². The van der Waals surface area contributed by atoms with Crippen molar-refractivity contribution in [2.75, 3.05) is 5.73 Å². The van der Waals surface area contributed by atoms with Crippen LogP contribution in [0.4, 0.5) is 5.69 Å². The summed E-state index contributed by atoms with van der Waals surface area (Å²) in [5.41, 5.74) is 13.4. The molecule has 0 aliphatic rings. The minimum Gasteiger partial charge on any atom is -0.399 e. The lowest BCUT2D eigenvalue weighted by Gasteiger charge is -2.18. The summed E-state index contributed by atoms with van der Waals surface area (Å²) in [4.78, 5) is 0. The normalized spacial score (nSPS) is 11.3. The average Bonchev–Trinajstić information content (AvgIpc) is 2.40. The highest BCUT2D eigenvalue weighted by atomic mass is 14.5. The van der Waals surface area contributed by atoms with Gasteiger partial charge in [0.1, 0.15) is 0 Å². The Balaban J connectivity index is 2.64. The van der Waals surface area contributed by atoms with Gasteiger partial charge in [-0.2, -0.15) is 0 Å². The molecule has 0 saturated heterocycles. The summed E-state index contributed by atoms with van der Waals surface area (Å²) >= 11 is 0. The summed E-state index contributed by atoms with van der Waals surface area (Å²) in [6, 6.07) is 13.0. The predicted octanol–water partition coefficient (Wildman–Crippen LogP) is 5.49. The molecule has 106 valence electrons. The van der Waals surface area contributed by atoms with Gasteiger partial charge in [-0.1, -0.05) is 52.0 Å². The number of rotatable bonds is 3. The maximum atomic E-state index is 5.97. The van der Waals surface area contributed by atoms with Crippen LogP contribution in [0.5, 0.6) is 0 Å². The molecule has 0 aliphatic carbocycles. The Morgan fingerprint density at radius 1 is 0.800 bits per heavy atom. The van der Waals surface area contributed by atoms with E-state index >= 15 is 0 Å². The van der Waals surface area contributed by atoms with E-state index in [-0.39, 0.29) is 0 Å². The number of nitrogen functional groups attached to an aromatic ring is 1. The quantitative estimate of drug-likeness (QED) is 0.731. The van der Waals surface area contributed by atoms with Crippen LogP contribution in [0, 0.1) is 6.92 Å². The van der Waals surface area contributed by atoms with Gasteiger partial charge in [-0.15, -0.1) is 0 Å². The number of benzene rings is 2. The van der Waals surface area contributed by atoms with Crippen molar-refractivity contribution in [3.8, 4) is 11.1 Å². The lowest BCUT2D eigenvalue weighted by molar-refractivity contribution is 0.835. The first kappa shape index (κ1) is 14.6. The van der Waals surface area contributed by atoms with Crippen molar-refractivity contribution < 1.29 is 0 Å². The van der Waals surface area contributed by atoms with E-state index in [9.17, 15) is 0 Å². The fraction of sp³-hybridized carbons (Fsp3) is 0.368. The summed E-state index contributed by atoms with van der Waals surface area (Å²) in [5.74, 6) is 1.06. The van der Waals surface area contributed by atoms with E-state index in [4.69, 9.17) is 5.73 Å². The van der Waals surface area contributed by atoms with Crippen LogP contribution in [0.3, 0.4) is 0 Å². The molecule has 1 heteroatoms. The second-order valence-electron chi connectivity index (χ2n) is 6.23. The molecule has 0 unspecified atom stereocenters. The SMILES string of the molecule is Cc1ccc(N)cc1-c1ccc(C(C)C)cc1C(C)C. The van der Waals surface area contributed by atoms with Gasteiger partial charge in [0, 0.05) is 5.69 Å². The fourth-order valence-corrected chi connectivity index (χ4v) is 2.59. The summed E-state index contributed by atoms with van der Waals surface area (Å²) < 4.78 is 0. The molecular weight excluding hydrogens is 242 g/mol. The predicted molar refractivity (Wildman–Crippen MR) is 89.2 cm³/mol. The summed E-state index contributed by atoms with van der Waals surface area (Å²) in [5, 5.41) is 0. The third-order valence-corrected chi connectivity index (χ3v) is 3.92. The van der Waals surface area contributed by atoms with Crippen LogP contribution < -0.4 is 5.73 Å². The Kier molecular flexibility index (Phi) is 4.17. The molecule has 0 spiro atoms. The molecule has 0 radical (unpaired) electrons. The van der Waals surface area contributed by atoms with Crippen LogP contribution in [0.2, 0.25) is 0 Å². The third kappa shape index (κ3) is 2.87. The van der Waals surface area contributed by atoms with Gasteiger partial charge in [-0.05, 0) is 58.7 Å². The van der Waals surface area contributed by atoms with Crippen molar-refractivity contribution in [3.05, 3.63) is 53.1 Å². The molecule has 0 saturated carbocycles. The lowest BCUT2D eigenvalue weighted by Crippen LogP contribution is -1.98. The van der Waals surface area contributed by atoms with Gasteiger partial charge in [-0.25, -0.2) is 0 Å². The van der Waals surface area contributed by atoms with Crippen molar-refractivity contribution in [3.63, 3.8) is 0 Å². The summed E-state index contributed by atoms with van der Waals surface area (Å²) in [6.45, 7) is 11.1. The van der Waals surface area contributed by atoms with Gasteiger partial charge in [-0.3, -0.25) is 0 Å². The highest BCUT2D eigenvalue weighted by Gasteiger charge is 2.13. The van der Waals surface area contributed by atoms with Crippen LogP contribution in [0.25, 0.3) is 11.1 Å². The van der Waals surface area contributed by atoms with Crippen LogP contribution in [-0.2, 0) is 0 Å². The Morgan fingerprint density at radius 2 is 1.50 bits per heavy atom.